The Balaban J connectivity index is 2.37. The Morgan fingerprint density at radius 2 is 2.31 bits per heavy atom. The number of thioether (sulfide) groups is 1. The van der Waals surface area contributed by atoms with Crippen LogP contribution in [0.15, 0.2) is 41.8 Å². The molecule has 16 heavy (non-hydrogen) atoms. The van der Waals surface area contributed by atoms with E-state index in [0.29, 0.717) is 0 Å². The second kappa shape index (κ2) is 8.43. The predicted molar refractivity (Wildman–Crippen MR) is 74.0 cm³/mol. The van der Waals surface area contributed by atoms with E-state index in [0.717, 1.165) is 19.5 Å². The summed E-state index contributed by atoms with van der Waals surface area (Å²) < 4.78 is 0. The monoisotopic (exact) mass is 235 g/mol. The maximum Gasteiger partial charge on any atom is 0.0205 e. The first-order valence-electron chi connectivity index (χ1n) is 5.90. The Morgan fingerprint density at radius 1 is 1.44 bits per heavy atom. The molecule has 0 radical (unpaired) electrons. The molecule has 0 unspecified atom stereocenters. The SMILES string of the molecule is C=CCCCSc1cccc(CNCC)c1. The largest absolute Gasteiger partial charge is 0.313 e. The number of hydrogen-bond donors (Lipinski definition) is 1. The molecule has 1 rings (SSSR count). The zero-order valence-corrected chi connectivity index (χ0v) is 10.9. The van der Waals surface area contributed by atoms with Crippen molar-refractivity contribution in [1.29, 1.82) is 0 Å². The van der Waals surface area contributed by atoms with Gasteiger partial charge in [-0.3, -0.25) is 0 Å². The first kappa shape index (κ1) is 13.3. The second-order valence-electron chi connectivity index (χ2n) is 3.71. The number of rotatable bonds is 8. The van der Waals surface area contributed by atoms with E-state index in [4.69, 9.17) is 0 Å². The van der Waals surface area contributed by atoms with Crippen molar-refractivity contribution in [2.45, 2.75) is 31.2 Å². The molecule has 88 valence electrons. The summed E-state index contributed by atoms with van der Waals surface area (Å²) in [5.74, 6) is 1.18. The number of nitrogens with one attached hydrogen (secondary N) is 1. The van der Waals surface area contributed by atoms with E-state index in [1.165, 1.54) is 22.6 Å². The Bertz CT molecular complexity index is 309. The van der Waals surface area contributed by atoms with Crippen LogP contribution in [0.25, 0.3) is 0 Å². The molecule has 0 aromatic heterocycles. The summed E-state index contributed by atoms with van der Waals surface area (Å²) in [6.07, 6.45) is 4.32. The maximum atomic E-state index is 3.74. The van der Waals surface area contributed by atoms with Gasteiger partial charge >= 0.3 is 0 Å². The van der Waals surface area contributed by atoms with E-state index in [-0.39, 0.29) is 0 Å². The van der Waals surface area contributed by atoms with E-state index in [9.17, 15) is 0 Å². The van der Waals surface area contributed by atoms with E-state index in [2.05, 4.69) is 43.1 Å². The third-order valence-electron chi connectivity index (χ3n) is 2.30. The molecule has 0 bridgehead atoms. The molecule has 0 fully saturated rings. The zero-order chi connectivity index (χ0) is 11.6. The van der Waals surface area contributed by atoms with Gasteiger partial charge in [-0.05, 0) is 42.8 Å². The smallest absolute Gasteiger partial charge is 0.0205 e. The van der Waals surface area contributed by atoms with E-state index >= 15 is 0 Å². The fraction of sp³-hybridized carbons (Fsp3) is 0.429. The first-order chi connectivity index (χ1) is 7.86. The summed E-state index contributed by atoms with van der Waals surface area (Å²) in [4.78, 5) is 1.37. The molecule has 0 saturated heterocycles. The minimum atomic E-state index is 0.970. The molecule has 0 spiro atoms. The van der Waals surface area contributed by atoms with Gasteiger partial charge in [-0.25, -0.2) is 0 Å². The molecule has 0 amide bonds. The maximum absolute atomic E-state index is 3.74. The topological polar surface area (TPSA) is 12.0 Å². The fourth-order valence-electron chi connectivity index (χ4n) is 1.43. The third kappa shape index (κ3) is 5.38. The predicted octanol–water partition coefficient (Wildman–Crippen LogP) is 3.85. The van der Waals surface area contributed by atoms with Crippen molar-refractivity contribution in [3.05, 3.63) is 42.5 Å². The van der Waals surface area contributed by atoms with Crippen molar-refractivity contribution in [3.63, 3.8) is 0 Å². The normalized spacial score (nSPS) is 10.3. The summed E-state index contributed by atoms with van der Waals surface area (Å²) in [6.45, 7) is 7.86. The third-order valence-corrected chi connectivity index (χ3v) is 3.38. The first-order valence-corrected chi connectivity index (χ1v) is 6.88. The van der Waals surface area contributed by atoms with Gasteiger partial charge in [0.2, 0.25) is 0 Å². The molecule has 0 heterocycles. The van der Waals surface area contributed by atoms with Crippen LogP contribution in [0.3, 0.4) is 0 Å². The molecule has 0 saturated carbocycles. The van der Waals surface area contributed by atoms with Gasteiger partial charge in [0.1, 0.15) is 0 Å². The van der Waals surface area contributed by atoms with Crippen LogP contribution in [0, 0.1) is 0 Å². The van der Waals surface area contributed by atoms with Gasteiger partial charge in [0, 0.05) is 11.4 Å². The number of unbranched alkanes of at least 4 members (excludes halogenated alkanes) is 1. The Morgan fingerprint density at radius 3 is 3.06 bits per heavy atom. The molecule has 2 heteroatoms. The summed E-state index contributed by atoms with van der Waals surface area (Å²) in [7, 11) is 0. The minimum Gasteiger partial charge on any atom is -0.313 e. The standard InChI is InChI=1S/C14H21NS/c1-3-5-6-10-16-14-9-7-8-13(11-14)12-15-4-2/h3,7-9,11,15H,1,4-6,10,12H2,2H3. The van der Waals surface area contributed by atoms with Gasteiger partial charge in [0.25, 0.3) is 0 Å². The average Bonchev–Trinajstić information content (AvgIpc) is 2.33. The summed E-state index contributed by atoms with van der Waals surface area (Å²) >= 11 is 1.93. The highest BCUT2D eigenvalue weighted by atomic mass is 32.2. The van der Waals surface area contributed by atoms with E-state index in [1.54, 1.807) is 0 Å². The zero-order valence-electron chi connectivity index (χ0n) is 10.0. The van der Waals surface area contributed by atoms with Gasteiger partial charge in [0.05, 0.1) is 0 Å². The van der Waals surface area contributed by atoms with Crippen molar-refractivity contribution in [2.24, 2.45) is 0 Å². The summed E-state index contributed by atoms with van der Waals surface area (Å²) in [6, 6.07) is 8.79. The molecular weight excluding hydrogens is 214 g/mol. The van der Waals surface area contributed by atoms with Gasteiger partial charge in [-0.15, -0.1) is 18.3 Å². The number of allylic oxidation sites excluding steroid dienone is 1. The molecule has 0 aliphatic rings. The molecule has 0 aliphatic carbocycles. The second-order valence-corrected chi connectivity index (χ2v) is 4.88. The Labute approximate surface area is 103 Å². The molecule has 1 nitrogen and oxygen atoms in total. The van der Waals surface area contributed by atoms with Crippen LogP contribution in [-0.2, 0) is 6.54 Å². The lowest BCUT2D eigenvalue weighted by molar-refractivity contribution is 0.725. The van der Waals surface area contributed by atoms with Crippen LogP contribution < -0.4 is 5.32 Å². The highest BCUT2D eigenvalue weighted by Crippen LogP contribution is 2.20. The van der Waals surface area contributed by atoms with E-state index < -0.39 is 0 Å². The van der Waals surface area contributed by atoms with Crippen molar-refractivity contribution in [2.75, 3.05) is 12.3 Å². The Hall–Kier alpha value is -0.730. The van der Waals surface area contributed by atoms with Crippen LogP contribution >= 0.6 is 11.8 Å². The molecule has 1 N–H and O–H groups in total. The van der Waals surface area contributed by atoms with Gasteiger partial charge in [-0.2, -0.15) is 0 Å². The minimum absolute atomic E-state index is 0.970. The molecular formula is C14H21NS. The van der Waals surface area contributed by atoms with Gasteiger partial charge < -0.3 is 5.32 Å². The lowest BCUT2D eigenvalue weighted by atomic mass is 10.2. The average molecular weight is 235 g/mol. The number of benzene rings is 1. The highest BCUT2D eigenvalue weighted by Gasteiger charge is 1.96. The van der Waals surface area contributed by atoms with Crippen LogP contribution in [0.2, 0.25) is 0 Å². The Kier molecular flexibility index (Phi) is 7.02. The summed E-state index contributed by atoms with van der Waals surface area (Å²) in [5, 5.41) is 3.35. The lowest BCUT2D eigenvalue weighted by Crippen LogP contribution is -2.11. The molecule has 1 aromatic carbocycles. The van der Waals surface area contributed by atoms with Gasteiger partial charge in [0.15, 0.2) is 0 Å². The van der Waals surface area contributed by atoms with Gasteiger partial charge in [-0.1, -0.05) is 25.1 Å². The highest BCUT2D eigenvalue weighted by molar-refractivity contribution is 7.99. The lowest BCUT2D eigenvalue weighted by Gasteiger charge is -2.05. The van der Waals surface area contributed by atoms with Crippen LogP contribution in [0.4, 0.5) is 0 Å². The van der Waals surface area contributed by atoms with Crippen LogP contribution in [-0.4, -0.2) is 12.3 Å². The van der Waals surface area contributed by atoms with Crippen molar-refractivity contribution < 1.29 is 0 Å². The van der Waals surface area contributed by atoms with Crippen molar-refractivity contribution >= 4 is 11.8 Å². The molecule has 0 atom stereocenters. The van der Waals surface area contributed by atoms with Crippen molar-refractivity contribution in [1.82, 2.24) is 5.32 Å². The number of hydrogen-bond acceptors (Lipinski definition) is 2. The van der Waals surface area contributed by atoms with Crippen LogP contribution in [0.1, 0.15) is 25.3 Å². The van der Waals surface area contributed by atoms with E-state index in [1.807, 2.05) is 17.8 Å². The fourth-order valence-corrected chi connectivity index (χ4v) is 2.39. The summed E-state index contributed by atoms with van der Waals surface area (Å²) in [5.41, 5.74) is 1.37. The molecule has 0 aliphatic heterocycles. The van der Waals surface area contributed by atoms with Crippen molar-refractivity contribution in [3.8, 4) is 0 Å². The molecule has 1 aromatic rings. The van der Waals surface area contributed by atoms with Crippen LogP contribution in [0.5, 0.6) is 0 Å². The quantitative estimate of drug-likeness (QED) is 0.417.